The summed E-state index contributed by atoms with van der Waals surface area (Å²) < 4.78 is 26.4. The highest BCUT2D eigenvalue weighted by atomic mass is 32.2. The molecule has 1 heterocycles. The van der Waals surface area contributed by atoms with Gasteiger partial charge in [-0.25, -0.2) is 8.42 Å². The molecule has 0 spiro atoms. The predicted molar refractivity (Wildman–Crippen MR) is 76.1 cm³/mol. The molecule has 1 aliphatic heterocycles. The van der Waals surface area contributed by atoms with E-state index in [4.69, 9.17) is 5.73 Å². The fraction of sp³-hybridized carbons (Fsp3) is 0.500. The maximum Gasteiger partial charge on any atom is 0.270 e. The first-order valence-corrected chi connectivity index (χ1v) is 7.89. The number of benzene rings is 1. The molecule has 2 rings (SSSR count). The molecule has 1 aromatic rings. The lowest BCUT2D eigenvalue weighted by Gasteiger charge is -2.33. The smallest absolute Gasteiger partial charge is 0.270 e. The molecule has 0 aromatic heterocycles. The van der Waals surface area contributed by atoms with Crippen LogP contribution in [-0.4, -0.2) is 41.9 Å². The van der Waals surface area contributed by atoms with Crippen molar-refractivity contribution in [2.45, 2.75) is 24.3 Å². The van der Waals surface area contributed by atoms with Gasteiger partial charge in [0, 0.05) is 25.2 Å². The summed E-state index contributed by atoms with van der Waals surface area (Å²) in [7, 11) is -3.91. The third kappa shape index (κ3) is 2.99. The predicted octanol–water partition coefficient (Wildman–Crippen LogP) is 0.568. The van der Waals surface area contributed by atoms with E-state index in [1.54, 1.807) is 6.92 Å². The Morgan fingerprint density at radius 3 is 2.71 bits per heavy atom. The lowest BCUT2D eigenvalue weighted by atomic mass is 9.99. The Morgan fingerprint density at radius 1 is 1.48 bits per heavy atom. The number of hydrogen-bond donors (Lipinski definition) is 2. The normalized spacial score (nSPS) is 23.9. The first-order chi connectivity index (χ1) is 9.73. The largest absolute Gasteiger partial charge is 0.398 e. The number of nitrogen functional groups attached to an aromatic ring is 1. The molecule has 116 valence electrons. The second kappa shape index (κ2) is 5.58. The second-order valence-electron chi connectivity index (χ2n) is 5.18. The fourth-order valence-electron chi connectivity index (χ4n) is 2.31. The van der Waals surface area contributed by atoms with Gasteiger partial charge in [0.05, 0.1) is 16.7 Å². The molecule has 1 fully saturated rings. The Kier molecular flexibility index (Phi) is 4.17. The molecule has 0 bridgehead atoms. The van der Waals surface area contributed by atoms with E-state index < -0.39 is 21.1 Å². The molecule has 9 heteroatoms. The topological polar surface area (TPSA) is 127 Å². The number of rotatable bonds is 3. The Labute approximate surface area is 122 Å². The van der Waals surface area contributed by atoms with Gasteiger partial charge in [-0.1, -0.05) is 6.92 Å². The lowest BCUT2D eigenvalue weighted by molar-refractivity contribution is -0.385. The SMILES string of the molecule is CC1CN(S(=O)(=O)c2cc([N+](=O)[O-])ccc2N)CCC1O. The van der Waals surface area contributed by atoms with Gasteiger partial charge in [-0.2, -0.15) is 4.31 Å². The van der Waals surface area contributed by atoms with E-state index in [1.807, 2.05) is 0 Å². The highest BCUT2D eigenvalue weighted by Gasteiger charge is 2.34. The lowest BCUT2D eigenvalue weighted by Crippen LogP contribution is -2.45. The van der Waals surface area contributed by atoms with Gasteiger partial charge in [-0.05, 0) is 18.4 Å². The molecule has 8 nitrogen and oxygen atoms in total. The van der Waals surface area contributed by atoms with Gasteiger partial charge in [0.2, 0.25) is 10.0 Å². The van der Waals surface area contributed by atoms with E-state index in [-0.39, 0.29) is 35.3 Å². The van der Waals surface area contributed by atoms with Crippen LogP contribution in [0.1, 0.15) is 13.3 Å². The number of non-ortho nitro benzene ring substituents is 1. The minimum atomic E-state index is -3.91. The van der Waals surface area contributed by atoms with Crippen molar-refractivity contribution in [3.05, 3.63) is 28.3 Å². The van der Waals surface area contributed by atoms with Crippen molar-refractivity contribution in [3.8, 4) is 0 Å². The Morgan fingerprint density at radius 2 is 2.14 bits per heavy atom. The molecule has 1 aromatic carbocycles. The first-order valence-electron chi connectivity index (χ1n) is 6.45. The average Bonchev–Trinajstić information content (AvgIpc) is 2.41. The molecule has 1 saturated heterocycles. The summed E-state index contributed by atoms with van der Waals surface area (Å²) in [5.74, 6) is -0.201. The molecular formula is C12H17N3O5S. The number of aliphatic hydroxyl groups is 1. The zero-order chi connectivity index (χ0) is 15.8. The van der Waals surface area contributed by atoms with Gasteiger partial charge >= 0.3 is 0 Å². The Balaban J connectivity index is 2.40. The molecule has 0 amide bonds. The highest BCUT2D eigenvalue weighted by Crippen LogP contribution is 2.29. The van der Waals surface area contributed by atoms with E-state index in [2.05, 4.69) is 0 Å². The van der Waals surface area contributed by atoms with E-state index in [0.717, 1.165) is 12.1 Å². The number of nitro groups is 1. The number of hydrogen-bond acceptors (Lipinski definition) is 6. The second-order valence-corrected chi connectivity index (χ2v) is 7.08. The van der Waals surface area contributed by atoms with Gasteiger partial charge in [-0.15, -0.1) is 0 Å². The van der Waals surface area contributed by atoms with E-state index in [0.29, 0.717) is 6.42 Å². The van der Waals surface area contributed by atoms with Crippen LogP contribution in [0.15, 0.2) is 23.1 Å². The summed E-state index contributed by atoms with van der Waals surface area (Å²) in [5, 5.41) is 20.5. The molecule has 0 saturated carbocycles. The van der Waals surface area contributed by atoms with Crippen LogP contribution >= 0.6 is 0 Å². The number of anilines is 1. The fourth-order valence-corrected chi connectivity index (χ4v) is 4.00. The van der Waals surface area contributed by atoms with Gasteiger partial charge < -0.3 is 10.8 Å². The zero-order valence-corrected chi connectivity index (χ0v) is 12.3. The number of nitro benzene ring substituents is 1. The highest BCUT2D eigenvalue weighted by molar-refractivity contribution is 7.89. The van der Waals surface area contributed by atoms with Gasteiger partial charge in [0.1, 0.15) is 4.90 Å². The third-order valence-electron chi connectivity index (χ3n) is 3.65. The van der Waals surface area contributed by atoms with E-state index in [1.165, 1.54) is 10.4 Å². The summed E-state index contributed by atoms with van der Waals surface area (Å²) in [5.41, 5.74) is 5.31. The van der Waals surface area contributed by atoms with Crippen molar-refractivity contribution in [1.82, 2.24) is 4.31 Å². The molecule has 3 N–H and O–H groups in total. The van der Waals surface area contributed by atoms with Crippen molar-refractivity contribution in [3.63, 3.8) is 0 Å². The van der Waals surface area contributed by atoms with E-state index in [9.17, 15) is 23.6 Å². The number of aliphatic hydroxyl groups excluding tert-OH is 1. The molecule has 21 heavy (non-hydrogen) atoms. The van der Waals surface area contributed by atoms with Gasteiger partial charge in [0.25, 0.3) is 5.69 Å². The van der Waals surface area contributed by atoms with Crippen molar-refractivity contribution >= 4 is 21.4 Å². The van der Waals surface area contributed by atoms with Crippen LogP contribution in [-0.2, 0) is 10.0 Å². The number of sulfonamides is 1. The molecule has 0 radical (unpaired) electrons. The molecular weight excluding hydrogens is 298 g/mol. The summed E-state index contributed by atoms with van der Waals surface area (Å²) in [6.07, 6.45) is -0.214. The average molecular weight is 315 g/mol. The minimum Gasteiger partial charge on any atom is -0.398 e. The number of piperidine rings is 1. The zero-order valence-electron chi connectivity index (χ0n) is 11.5. The van der Waals surface area contributed by atoms with Crippen LogP contribution < -0.4 is 5.73 Å². The van der Waals surface area contributed by atoms with Crippen LogP contribution in [0.25, 0.3) is 0 Å². The molecule has 2 unspecified atom stereocenters. The Bertz CT molecular complexity index is 661. The van der Waals surface area contributed by atoms with Gasteiger partial charge in [-0.3, -0.25) is 10.1 Å². The van der Waals surface area contributed by atoms with Crippen molar-refractivity contribution in [1.29, 1.82) is 0 Å². The minimum absolute atomic E-state index is 0.0284. The van der Waals surface area contributed by atoms with E-state index >= 15 is 0 Å². The number of nitrogens with two attached hydrogens (primary N) is 1. The first kappa shape index (κ1) is 15.7. The van der Waals surface area contributed by atoms with Gasteiger partial charge in [0.15, 0.2) is 0 Å². The quantitative estimate of drug-likeness (QED) is 0.477. The summed E-state index contributed by atoms with van der Waals surface area (Å²) in [6.45, 7) is 2.07. The Hall–Kier alpha value is -1.71. The van der Waals surface area contributed by atoms with Crippen molar-refractivity contribution in [2.24, 2.45) is 5.92 Å². The number of nitrogens with zero attached hydrogens (tertiary/aromatic N) is 2. The summed E-state index contributed by atoms with van der Waals surface area (Å²) in [6, 6.07) is 3.35. The molecule has 1 aliphatic rings. The van der Waals surface area contributed by atoms with Crippen molar-refractivity contribution in [2.75, 3.05) is 18.8 Å². The van der Waals surface area contributed by atoms with Crippen LogP contribution in [0.4, 0.5) is 11.4 Å². The van der Waals surface area contributed by atoms with Crippen LogP contribution in [0.2, 0.25) is 0 Å². The maximum absolute atomic E-state index is 12.6. The summed E-state index contributed by atoms with van der Waals surface area (Å²) >= 11 is 0. The van der Waals surface area contributed by atoms with Crippen LogP contribution in [0.5, 0.6) is 0 Å². The maximum atomic E-state index is 12.6. The van der Waals surface area contributed by atoms with Crippen LogP contribution in [0, 0.1) is 16.0 Å². The molecule has 2 atom stereocenters. The molecule has 0 aliphatic carbocycles. The monoisotopic (exact) mass is 315 g/mol. The van der Waals surface area contributed by atoms with Crippen LogP contribution in [0.3, 0.4) is 0 Å². The standard InChI is InChI=1S/C12H17N3O5S/c1-8-7-14(5-4-11(8)16)21(19,20)12-6-9(15(17)18)2-3-10(12)13/h2-3,6,8,11,16H,4-5,7,13H2,1H3. The summed E-state index contributed by atoms with van der Waals surface area (Å²) in [4.78, 5) is 9.86. The van der Waals surface area contributed by atoms with Crippen molar-refractivity contribution < 1.29 is 18.4 Å². The third-order valence-corrected chi connectivity index (χ3v) is 5.57.